The molecule has 2 nitrogen and oxygen atoms in total. The van der Waals surface area contributed by atoms with Gasteiger partial charge in [-0.05, 0) is 55.5 Å². The Morgan fingerprint density at radius 3 is 2.76 bits per heavy atom. The van der Waals surface area contributed by atoms with Crippen LogP contribution in [-0.2, 0) is 6.42 Å². The summed E-state index contributed by atoms with van der Waals surface area (Å²) in [4.78, 5) is 0. The van der Waals surface area contributed by atoms with E-state index in [9.17, 15) is 0 Å². The molecule has 0 spiro atoms. The molecule has 118 valence electrons. The average molecular weight is 289 g/mol. The first-order chi connectivity index (χ1) is 10.3. The van der Waals surface area contributed by atoms with Crippen LogP contribution in [0.2, 0.25) is 0 Å². The molecule has 2 rings (SSSR count). The van der Waals surface area contributed by atoms with Crippen molar-refractivity contribution >= 4 is 0 Å². The lowest BCUT2D eigenvalue weighted by Gasteiger charge is -2.14. The quantitative estimate of drug-likeness (QED) is 0.610. The molecule has 0 fully saturated rings. The van der Waals surface area contributed by atoms with Crippen molar-refractivity contribution in [3.63, 3.8) is 0 Å². The van der Waals surface area contributed by atoms with E-state index in [4.69, 9.17) is 4.74 Å². The van der Waals surface area contributed by atoms with Crippen molar-refractivity contribution < 1.29 is 4.74 Å². The molecule has 0 amide bonds. The molecule has 1 aliphatic carbocycles. The smallest absolute Gasteiger partial charge is 0.119 e. The zero-order chi connectivity index (χ0) is 14.9. The van der Waals surface area contributed by atoms with Crippen LogP contribution in [0.1, 0.15) is 76.0 Å². The summed E-state index contributed by atoms with van der Waals surface area (Å²) >= 11 is 0. The van der Waals surface area contributed by atoms with E-state index in [1.165, 1.54) is 62.5 Å². The minimum atomic E-state index is 0.558. The largest absolute Gasteiger partial charge is 0.494 e. The van der Waals surface area contributed by atoms with E-state index in [1.54, 1.807) is 0 Å². The van der Waals surface area contributed by atoms with Crippen molar-refractivity contribution in [2.75, 3.05) is 13.2 Å². The monoisotopic (exact) mass is 289 g/mol. The van der Waals surface area contributed by atoms with E-state index in [2.05, 4.69) is 37.4 Å². The van der Waals surface area contributed by atoms with Crippen LogP contribution in [0.15, 0.2) is 18.2 Å². The fraction of sp³-hybridized carbons (Fsp3) is 0.684. The maximum Gasteiger partial charge on any atom is 0.119 e. The van der Waals surface area contributed by atoms with Crippen molar-refractivity contribution in [3.05, 3.63) is 29.3 Å². The third kappa shape index (κ3) is 5.03. The molecule has 0 saturated heterocycles. The van der Waals surface area contributed by atoms with Crippen LogP contribution < -0.4 is 10.1 Å². The van der Waals surface area contributed by atoms with Crippen molar-refractivity contribution in [2.45, 2.75) is 71.3 Å². The molecule has 1 aromatic carbocycles. The van der Waals surface area contributed by atoms with Gasteiger partial charge in [0.2, 0.25) is 0 Å². The molecule has 0 heterocycles. The normalized spacial score (nSPS) is 17.0. The molecule has 1 aromatic rings. The Labute approximate surface area is 130 Å². The number of nitrogens with one attached hydrogen (secondary N) is 1. The zero-order valence-electron chi connectivity index (χ0n) is 13.8. The molecular weight excluding hydrogens is 258 g/mol. The van der Waals surface area contributed by atoms with Crippen LogP contribution in [0.4, 0.5) is 0 Å². The van der Waals surface area contributed by atoms with E-state index >= 15 is 0 Å². The second kappa shape index (κ2) is 9.09. The van der Waals surface area contributed by atoms with Gasteiger partial charge < -0.3 is 10.1 Å². The number of fused-ring (bicyclic) bond motifs is 1. The van der Waals surface area contributed by atoms with Gasteiger partial charge in [-0.15, -0.1) is 0 Å². The maximum absolute atomic E-state index is 5.91. The summed E-state index contributed by atoms with van der Waals surface area (Å²) in [7, 11) is 0. The van der Waals surface area contributed by atoms with Gasteiger partial charge in [-0.3, -0.25) is 0 Å². The average Bonchev–Trinajstić information content (AvgIpc) is 2.91. The lowest BCUT2D eigenvalue weighted by Crippen LogP contribution is -2.19. The molecule has 2 heteroatoms. The Morgan fingerprint density at radius 2 is 1.95 bits per heavy atom. The molecule has 1 N–H and O–H groups in total. The van der Waals surface area contributed by atoms with Crippen LogP contribution in [0.3, 0.4) is 0 Å². The molecule has 1 unspecified atom stereocenters. The van der Waals surface area contributed by atoms with Gasteiger partial charge in [0, 0.05) is 6.04 Å². The van der Waals surface area contributed by atoms with Crippen LogP contribution in [0.25, 0.3) is 0 Å². The lowest BCUT2D eigenvalue weighted by molar-refractivity contribution is 0.304. The number of ether oxygens (including phenoxy) is 1. The van der Waals surface area contributed by atoms with Crippen LogP contribution >= 0.6 is 0 Å². The minimum Gasteiger partial charge on any atom is -0.494 e. The van der Waals surface area contributed by atoms with Gasteiger partial charge in [0.1, 0.15) is 5.75 Å². The van der Waals surface area contributed by atoms with Crippen molar-refractivity contribution in [2.24, 2.45) is 0 Å². The summed E-state index contributed by atoms with van der Waals surface area (Å²) in [5.41, 5.74) is 2.96. The Balaban J connectivity index is 1.76. The molecule has 1 atom stereocenters. The standard InChI is InChI=1S/C19H31NO/c1-3-5-6-7-8-14-21-17-10-11-18-16(15-17)9-12-19(18)20-13-4-2/h10-11,15,19-20H,3-9,12-14H2,1-2H3. The van der Waals surface area contributed by atoms with Gasteiger partial charge in [0.05, 0.1) is 6.61 Å². The molecule has 0 radical (unpaired) electrons. The SMILES string of the molecule is CCCCCCCOc1ccc2c(c1)CCC2NCCC. The summed E-state index contributed by atoms with van der Waals surface area (Å²) in [6.07, 6.45) is 10.1. The summed E-state index contributed by atoms with van der Waals surface area (Å²) in [6, 6.07) is 7.23. The zero-order valence-corrected chi connectivity index (χ0v) is 13.8. The second-order valence-corrected chi connectivity index (χ2v) is 6.17. The number of aryl methyl sites for hydroxylation is 1. The van der Waals surface area contributed by atoms with Crippen LogP contribution in [0, 0.1) is 0 Å². The van der Waals surface area contributed by atoms with Gasteiger partial charge in [0.25, 0.3) is 0 Å². The highest BCUT2D eigenvalue weighted by atomic mass is 16.5. The highest BCUT2D eigenvalue weighted by Gasteiger charge is 2.21. The molecule has 21 heavy (non-hydrogen) atoms. The molecule has 1 aliphatic rings. The van der Waals surface area contributed by atoms with Gasteiger partial charge in [0.15, 0.2) is 0 Å². The number of unbranched alkanes of at least 4 members (excludes halogenated alkanes) is 4. The molecule has 0 bridgehead atoms. The van der Waals surface area contributed by atoms with E-state index in [0.29, 0.717) is 6.04 Å². The summed E-state index contributed by atoms with van der Waals surface area (Å²) in [6.45, 7) is 6.45. The number of hydrogen-bond donors (Lipinski definition) is 1. The third-order valence-electron chi connectivity index (χ3n) is 4.35. The predicted octanol–water partition coefficient (Wildman–Crippen LogP) is 5.02. The van der Waals surface area contributed by atoms with Crippen LogP contribution in [-0.4, -0.2) is 13.2 Å². The Morgan fingerprint density at radius 1 is 1.10 bits per heavy atom. The van der Waals surface area contributed by atoms with E-state index in [0.717, 1.165) is 18.9 Å². The Kier molecular flexibility index (Phi) is 7.08. The van der Waals surface area contributed by atoms with E-state index in [1.807, 2.05) is 0 Å². The van der Waals surface area contributed by atoms with Crippen molar-refractivity contribution in [3.8, 4) is 5.75 Å². The first kappa shape index (κ1) is 16.4. The highest BCUT2D eigenvalue weighted by molar-refractivity contribution is 5.40. The first-order valence-corrected chi connectivity index (χ1v) is 8.84. The topological polar surface area (TPSA) is 21.3 Å². The summed E-state index contributed by atoms with van der Waals surface area (Å²) in [5.74, 6) is 1.06. The fourth-order valence-electron chi connectivity index (χ4n) is 3.11. The van der Waals surface area contributed by atoms with Gasteiger partial charge in [-0.2, -0.15) is 0 Å². The number of benzene rings is 1. The highest BCUT2D eigenvalue weighted by Crippen LogP contribution is 2.33. The minimum absolute atomic E-state index is 0.558. The molecular formula is C19H31NO. The number of rotatable bonds is 10. The van der Waals surface area contributed by atoms with Gasteiger partial charge >= 0.3 is 0 Å². The van der Waals surface area contributed by atoms with E-state index in [-0.39, 0.29) is 0 Å². The van der Waals surface area contributed by atoms with Crippen molar-refractivity contribution in [1.29, 1.82) is 0 Å². The predicted molar refractivity (Wildman–Crippen MR) is 90.1 cm³/mol. The maximum atomic E-state index is 5.91. The first-order valence-electron chi connectivity index (χ1n) is 8.84. The third-order valence-corrected chi connectivity index (χ3v) is 4.35. The Bertz CT molecular complexity index is 416. The van der Waals surface area contributed by atoms with Crippen molar-refractivity contribution in [1.82, 2.24) is 5.32 Å². The summed E-state index contributed by atoms with van der Waals surface area (Å²) in [5, 5.41) is 3.64. The fourth-order valence-corrected chi connectivity index (χ4v) is 3.11. The number of hydrogen-bond acceptors (Lipinski definition) is 2. The second-order valence-electron chi connectivity index (χ2n) is 6.17. The van der Waals surface area contributed by atoms with Gasteiger partial charge in [-0.1, -0.05) is 45.6 Å². The Hall–Kier alpha value is -1.02. The molecule has 0 aromatic heterocycles. The van der Waals surface area contributed by atoms with E-state index < -0.39 is 0 Å². The summed E-state index contributed by atoms with van der Waals surface area (Å²) < 4.78 is 5.91. The lowest BCUT2D eigenvalue weighted by atomic mass is 10.1. The van der Waals surface area contributed by atoms with Crippen LogP contribution in [0.5, 0.6) is 5.75 Å². The molecule has 0 saturated carbocycles. The molecule has 0 aliphatic heterocycles. The van der Waals surface area contributed by atoms with Gasteiger partial charge in [-0.25, -0.2) is 0 Å².